The first kappa shape index (κ1) is 12.0. The number of fused-ring (bicyclic) bond motifs is 1. The van der Waals surface area contributed by atoms with Crippen LogP contribution in [0.4, 0.5) is 0 Å². The van der Waals surface area contributed by atoms with Gasteiger partial charge in [-0.3, -0.25) is 0 Å². The van der Waals surface area contributed by atoms with Gasteiger partial charge in [0.15, 0.2) is 0 Å². The quantitative estimate of drug-likeness (QED) is 0.886. The first-order chi connectivity index (χ1) is 9.81. The summed E-state index contributed by atoms with van der Waals surface area (Å²) in [6.07, 6.45) is 2.76. The van der Waals surface area contributed by atoms with E-state index >= 15 is 0 Å². The fourth-order valence-corrected chi connectivity index (χ4v) is 3.03. The molecule has 4 rings (SSSR count). The molecule has 0 bridgehead atoms. The molecule has 0 aromatic heterocycles. The predicted octanol–water partition coefficient (Wildman–Crippen LogP) is 4.12. The third-order valence-electron chi connectivity index (χ3n) is 4.32. The zero-order valence-corrected chi connectivity index (χ0v) is 11.3. The number of ether oxygens (including phenoxy) is 1. The highest BCUT2D eigenvalue weighted by Crippen LogP contribution is 2.43. The second-order valence-electron chi connectivity index (χ2n) is 5.84. The van der Waals surface area contributed by atoms with Crippen LogP contribution in [0.5, 0.6) is 5.75 Å². The van der Waals surface area contributed by atoms with Crippen LogP contribution in [0.1, 0.15) is 54.1 Å². The van der Waals surface area contributed by atoms with E-state index in [0.717, 1.165) is 17.2 Å². The summed E-state index contributed by atoms with van der Waals surface area (Å²) < 4.78 is 6.08. The molecule has 1 fully saturated rings. The maximum absolute atomic E-state index is 10.3. The standard InChI is InChI=1S/C18H18O2/c19-16-11-18(20-17-7-2-1-6-15(16)17)14-5-3-4-13(10-14)12-8-9-12/h1-7,10,12,16,18-19H,8-9,11H2/t16-,18?/m1/s1. The topological polar surface area (TPSA) is 29.5 Å². The van der Waals surface area contributed by atoms with E-state index in [1.807, 2.05) is 24.3 Å². The van der Waals surface area contributed by atoms with Crippen molar-refractivity contribution in [2.24, 2.45) is 0 Å². The second kappa shape index (κ2) is 4.64. The van der Waals surface area contributed by atoms with Gasteiger partial charge in [0.1, 0.15) is 11.9 Å². The summed E-state index contributed by atoms with van der Waals surface area (Å²) in [5, 5.41) is 10.3. The van der Waals surface area contributed by atoms with E-state index in [0.29, 0.717) is 6.42 Å². The van der Waals surface area contributed by atoms with E-state index in [1.165, 1.54) is 24.0 Å². The van der Waals surface area contributed by atoms with Crippen LogP contribution < -0.4 is 4.74 Å². The van der Waals surface area contributed by atoms with Gasteiger partial charge >= 0.3 is 0 Å². The van der Waals surface area contributed by atoms with Crippen molar-refractivity contribution in [3.05, 3.63) is 65.2 Å². The Bertz CT molecular complexity index is 631. The number of rotatable bonds is 2. The van der Waals surface area contributed by atoms with E-state index in [-0.39, 0.29) is 6.10 Å². The Morgan fingerprint density at radius 1 is 0.950 bits per heavy atom. The fourth-order valence-electron chi connectivity index (χ4n) is 3.03. The molecule has 2 nitrogen and oxygen atoms in total. The highest BCUT2D eigenvalue weighted by Gasteiger charge is 2.29. The summed E-state index contributed by atoms with van der Waals surface area (Å²) >= 11 is 0. The minimum absolute atomic E-state index is 0.0430. The van der Waals surface area contributed by atoms with Crippen LogP contribution in [0.2, 0.25) is 0 Å². The third-order valence-corrected chi connectivity index (χ3v) is 4.32. The molecule has 2 aliphatic rings. The monoisotopic (exact) mass is 266 g/mol. The molecule has 2 aromatic rings. The van der Waals surface area contributed by atoms with Gasteiger partial charge in [0.2, 0.25) is 0 Å². The van der Waals surface area contributed by atoms with E-state index < -0.39 is 6.10 Å². The van der Waals surface area contributed by atoms with Crippen LogP contribution in [-0.4, -0.2) is 5.11 Å². The molecule has 0 amide bonds. The largest absolute Gasteiger partial charge is 0.485 e. The zero-order valence-electron chi connectivity index (χ0n) is 11.3. The Balaban J connectivity index is 1.65. The van der Waals surface area contributed by atoms with Gasteiger partial charge in [0, 0.05) is 12.0 Å². The van der Waals surface area contributed by atoms with E-state index in [2.05, 4.69) is 24.3 Å². The molecule has 0 spiro atoms. The SMILES string of the molecule is O[C@@H]1CC(c2cccc(C3CC3)c2)Oc2ccccc21. The summed E-state index contributed by atoms with van der Waals surface area (Å²) in [6.45, 7) is 0. The molecule has 1 saturated carbocycles. The Hall–Kier alpha value is -1.80. The number of hydrogen-bond donors (Lipinski definition) is 1. The van der Waals surface area contributed by atoms with Crippen LogP contribution in [0.25, 0.3) is 0 Å². The van der Waals surface area contributed by atoms with Gasteiger partial charge in [0.25, 0.3) is 0 Å². The Labute approximate surface area is 119 Å². The van der Waals surface area contributed by atoms with Crippen molar-refractivity contribution < 1.29 is 9.84 Å². The van der Waals surface area contributed by atoms with Gasteiger partial charge in [0.05, 0.1) is 6.10 Å². The lowest BCUT2D eigenvalue weighted by Crippen LogP contribution is -2.19. The molecule has 0 saturated heterocycles. The first-order valence-corrected chi connectivity index (χ1v) is 7.35. The molecular formula is C18H18O2. The van der Waals surface area contributed by atoms with Crippen molar-refractivity contribution in [2.45, 2.75) is 37.4 Å². The molecule has 2 atom stereocenters. The van der Waals surface area contributed by atoms with Gasteiger partial charge < -0.3 is 9.84 Å². The second-order valence-corrected chi connectivity index (χ2v) is 5.84. The van der Waals surface area contributed by atoms with Crippen LogP contribution in [0.15, 0.2) is 48.5 Å². The maximum Gasteiger partial charge on any atom is 0.127 e. The maximum atomic E-state index is 10.3. The summed E-state index contributed by atoms with van der Waals surface area (Å²) in [7, 11) is 0. The fraction of sp³-hybridized carbons (Fsp3) is 0.333. The molecule has 0 radical (unpaired) electrons. The van der Waals surface area contributed by atoms with Crippen molar-refractivity contribution >= 4 is 0 Å². The zero-order chi connectivity index (χ0) is 13.5. The first-order valence-electron chi connectivity index (χ1n) is 7.35. The molecular weight excluding hydrogens is 248 g/mol. The summed E-state index contributed by atoms with van der Waals surface area (Å²) in [6, 6.07) is 16.5. The summed E-state index contributed by atoms with van der Waals surface area (Å²) in [5.74, 6) is 1.56. The molecule has 102 valence electrons. The third kappa shape index (κ3) is 2.10. The molecule has 20 heavy (non-hydrogen) atoms. The highest BCUT2D eigenvalue weighted by atomic mass is 16.5. The molecule has 1 heterocycles. The van der Waals surface area contributed by atoms with Crippen molar-refractivity contribution in [3.63, 3.8) is 0 Å². The van der Waals surface area contributed by atoms with Gasteiger partial charge in [-0.2, -0.15) is 0 Å². The Morgan fingerprint density at radius 3 is 2.60 bits per heavy atom. The van der Waals surface area contributed by atoms with Gasteiger partial charge in [-0.25, -0.2) is 0 Å². The van der Waals surface area contributed by atoms with Gasteiger partial charge in [-0.1, -0.05) is 42.5 Å². The van der Waals surface area contributed by atoms with Crippen LogP contribution >= 0.6 is 0 Å². The predicted molar refractivity (Wildman–Crippen MR) is 77.8 cm³/mol. The Morgan fingerprint density at radius 2 is 1.75 bits per heavy atom. The van der Waals surface area contributed by atoms with Gasteiger partial charge in [-0.05, 0) is 36.0 Å². The van der Waals surface area contributed by atoms with Gasteiger partial charge in [-0.15, -0.1) is 0 Å². The van der Waals surface area contributed by atoms with Crippen LogP contribution in [-0.2, 0) is 0 Å². The lowest BCUT2D eigenvalue weighted by molar-refractivity contribution is 0.0657. The number of aliphatic hydroxyl groups excluding tert-OH is 1. The molecule has 1 aliphatic carbocycles. The molecule has 2 heteroatoms. The molecule has 1 aliphatic heterocycles. The smallest absolute Gasteiger partial charge is 0.127 e. The molecule has 1 N–H and O–H groups in total. The Kier molecular flexibility index (Phi) is 2.78. The van der Waals surface area contributed by atoms with Crippen molar-refractivity contribution in [1.82, 2.24) is 0 Å². The van der Waals surface area contributed by atoms with E-state index in [1.54, 1.807) is 0 Å². The molecule has 1 unspecified atom stereocenters. The van der Waals surface area contributed by atoms with E-state index in [4.69, 9.17) is 4.74 Å². The van der Waals surface area contributed by atoms with Crippen molar-refractivity contribution in [1.29, 1.82) is 0 Å². The normalized spacial score (nSPS) is 24.9. The van der Waals surface area contributed by atoms with Crippen LogP contribution in [0.3, 0.4) is 0 Å². The van der Waals surface area contributed by atoms with E-state index in [9.17, 15) is 5.11 Å². The van der Waals surface area contributed by atoms with Crippen molar-refractivity contribution in [2.75, 3.05) is 0 Å². The summed E-state index contributed by atoms with van der Waals surface area (Å²) in [4.78, 5) is 0. The lowest BCUT2D eigenvalue weighted by atomic mass is 9.94. The highest BCUT2D eigenvalue weighted by molar-refractivity contribution is 5.39. The lowest BCUT2D eigenvalue weighted by Gasteiger charge is -2.30. The molecule has 2 aromatic carbocycles. The minimum Gasteiger partial charge on any atom is -0.485 e. The average molecular weight is 266 g/mol. The minimum atomic E-state index is -0.436. The number of benzene rings is 2. The number of hydrogen-bond acceptors (Lipinski definition) is 2. The van der Waals surface area contributed by atoms with Crippen LogP contribution in [0, 0.1) is 0 Å². The average Bonchev–Trinajstić information content (AvgIpc) is 3.32. The summed E-state index contributed by atoms with van der Waals surface area (Å²) in [5.41, 5.74) is 3.50. The number of para-hydroxylation sites is 1. The van der Waals surface area contributed by atoms with Crippen molar-refractivity contribution in [3.8, 4) is 5.75 Å². The number of aliphatic hydroxyl groups is 1.